The number of nitrogens with zero attached hydrogens (tertiary/aromatic N) is 4. The zero-order valence-electron chi connectivity index (χ0n) is 11.6. The molecule has 3 aromatic rings. The topological polar surface area (TPSA) is 79.6 Å². The van der Waals surface area contributed by atoms with Crippen molar-refractivity contribution >= 4 is 11.0 Å². The molecule has 2 unspecified atom stereocenters. The van der Waals surface area contributed by atoms with Crippen LogP contribution in [0, 0.1) is 5.92 Å². The molecule has 0 amide bonds. The summed E-state index contributed by atoms with van der Waals surface area (Å²) in [6, 6.07) is 2.31. The molecule has 2 atom stereocenters. The summed E-state index contributed by atoms with van der Waals surface area (Å²) in [6.45, 7) is 0.235. The number of rotatable bonds is 3. The van der Waals surface area contributed by atoms with Crippen molar-refractivity contribution in [2.24, 2.45) is 5.92 Å². The number of aromatic nitrogens is 5. The molecule has 0 aromatic carbocycles. The molecule has 2 N–H and O–H groups in total. The molecule has 0 spiro atoms. The van der Waals surface area contributed by atoms with Gasteiger partial charge in [-0.05, 0) is 18.9 Å². The van der Waals surface area contributed by atoms with Crippen LogP contribution in [0.2, 0.25) is 0 Å². The zero-order valence-corrected chi connectivity index (χ0v) is 11.6. The van der Waals surface area contributed by atoms with Gasteiger partial charge in [-0.3, -0.25) is 4.68 Å². The SMILES string of the molecule is OCC1CCCC1n1cc(-c2cnnc3[nH]ccc23)cn1. The average Bonchev–Trinajstić information content (AvgIpc) is 3.24. The first-order chi connectivity index (χ1) is 10.4. The molecular formula is C15H17N5O. The van der Waals surface area contributed by atoms with E-state index in [1.54, 1.807) is 6.20 Å². The first-order valence-electron chi connectivity index (χ1n) is 7.31. The number of hydrogen-bond donors (Lipinski definition) is 2. The van der Waals surface area contributed by atoms with Crippen LogP contribution < -0.4 is 0 Å². The van der Waals surface area contributed by atoms with Crippen LogP contribution in [0.5, 0.6) is 0 Å². The van der Waals surface area contributed by atoms with Crippen molar-refractivity contribution in [3.8, 4) is 11.1 Å². The van der Waals surface area contributed by atoms with Crippen LogP contribution in [-0.2, 0) is 0 Å². The number of aromatic amines is 1. The smallest absolute Gasteiger partial charge is 0.160 e. The van der Waals surface area contributed by atoms with Gasteiger partial charge in [-0.1, -0.05) is 6.42 Å². The highest BCUT2D eigenvalue weighted by Crippen LogP contribution is 2.36. The summed E-state index contributed by atoms with van der Waals surface area (Å²) in [5.41, 5.74) is 2.86. The van der Waals surface area contributed by atoms with Crippen molar-refractivity contribution in [1.29, 1.82) is 0 Å². The molecule has 21 heavy (non-hydrogen) atoms. The van der Waals surface area contributed by atoms with E-state index in [4.69, 9.17) is 0 Å². The number of H-pyrrole nitrogens is 1. The van der Waals surface area contributed by atoms with E-state index in [1.165, 1.54) is 0 Å². The van der Waals surface area contributed by atoms with Gasteiger partial charge in [0.15, 0.2) is 5.65 Å². The second-order valence-electron chi connectivity index (χ2n) is 5.65. The zero-order chi connectivity index (χ0) is 14.2. The molecule has 6 heteroatoms. The van der Waals surface area contributed by atoms with E-state index < -0.39 is 0 Å². The van der Waals surface area contributed by atoms with Crippen molar-refractivity contribution < 1.29 is 5.11 Å². The second kappa shape index (κ2) is 4.96. The molecule has 1 aliphatic rings. The Kier molecular flexibility index (Phi) is 2.96. The van der Waals surface area contributed by atoms with Crippen LogP contribution in [-0.4, -0.2) is 36.7 Å². The molecule has 0 saturated heterocycles. The first kappa shape index (κ1) is 12.5. The Labute approximate surface area is 121 Å². The Morgan fingerprint density at radius 2 is 2.29 bits per heavy atom. The number of fused-ring (bicyclic) bond motifs is 1. The van der Waals surface area contributed by atoms with Gasteiger partial charge in [0.2, 0.25) is 0 Å². The monoisotopic (exact) mass is 283 g/mol. The van der Waals surface area contributed by atoms with Gasteiger partial charge in [-0.25, -0.2) is 0 Å². The molecule has 3 aromatic heterocycles. The van der Waals surface area contributed by atoms with E-state index in [2.05, 4.69) is 26.5 Å². The van der Waals surface area contributed by atoms with E-state index in [1.807, 2.05) is 23.1 Å². The van der Waals surface area contributed by atoms with Gasteiger partial charge >= 0.3 is 0 Å². The Bertz CT molecular complexity index is 762. The minimum absolute atomic E-state index is 0.235. The first-order valence-corrected chi connectivity index (χ1v) is 7.31. The molecule has 1 aliphatic carbocycles. The van der Waals surface area contributed by atoms with Gasteiger partial charge in [-0.15, -0.1) is 5.10 Å². The number of aliphatic hydroxyl groups excluding tert-OH is 1. The molecule has 1 saturated carbocycles. The van der Waals surface area contributed by atoms with E-state index in [9.17, 15) is 5.11 Å². The van der Waals surface area contributed by atoms with Gasteiger partial charge in [-0.2, -0.15) is 10.2 Å². The summed E-state index contributed by atoms with van der Waals surface area (Å²) in [5, 5.41) is 23.1. The van der Waals surface area contributed by atoms with Crippen molar-refractivity contribution in [3.63, 3.8) is 0 Å². The van der Waals surface area contributed by atoms with E-state index in [0.29, 0.717) is 12.0 Å². The maximum absolute atomic E-state index is 9.47. The van der Waals surface area contributed by atoms with Gasteiger partial charge in [0.05, 0.1) is 18.4 Å². The fourth-order valence-corrected chi connectivity index (χ4v) is 3.34. The lowest BCUT2D eigenvalue weighted by Crippen LogP contribution is -2.17. The summed E-state index contributed by atoms with van der Waals surface area (Å²) in [7, 11) is 0. The van der Waals surface area contributed by atoms with Crippen molar-refractivity contribution in [3.05, 3.63) is 30.9 Å². The van der Waals surface area contributed by atoms with Crippen LogP contribution in [0.15, 0.2) is 30.9 Å². The van der Waals surface area contributed by atoms with Crippen LogP contribution in [0.1, 0.15) is 25.3 Å². The lowest BCUT2D eigenvalue weighted by molar-refractivity contribution is 0.190. The van der Waals surface area contributed by atoms with E-state index in [-0.39, 0.29) is 6.61 Å². The molecule has 4 rings (SSSR count). The summed E-state index contributed by atoms with van der Waals surface area (Å²) in [4.78, 5) is 3.07. The molecular weight excluding hydrogens is 266 g/mol. The van der Waals surface area contributed by atoms with Gasteiger partial charge < -0.3 is 10.1 Å². The fourth-order valence-electron chi connectivity index (χ4n) is 3.34. The van der Waals surface area contributed by atoms with Crippen LogP contribution >= 0.6 is 0 Å². The van der Waals surface area contributed by atoms with E-state index in [0.717, 1.165) is 41.4 Å². The highest BCUT2D eigenvalue weighted by molar-refractivity contribution is 5.91. The highest BCUT2D eigenvalue weighted by Gasteiger charge is 2.28. The predicted octanol–water partition coefficient (Wildman–Crippen LogP) is 2.15. The molecule has 108 valence electrons. The lowest BCUT2D eigenvalue weighted by atomic mass is 10.1. The third-order valence-corrected chi connectivity index (χ3v) is 4.47. The van der Waals surface area contributed by atoms with Crippen molar-refractivity contribution in [2.75, 3.05) is 6.61 Å². The summed E-state index contributed by atoms with van der Waals surface area (Å²) in [5.74, 6) is 0.320. The second-order valence-corrected chi connectivity index (χ2v) is 5.65. The Morgan fingerprint density at radius 1 is 1.33 bits per heavy atom. The lowest BCUT2D eigenvalue weighted by Gasteiger charge is -2.17. The van der Waals surface area contributed by atoms with Crippen molar-refractivity contribution in [1.82, 2.24) is 25.0 Å². The summed E-state index contributed by atoms with van der Waals surface area (Å²) < 4.78 is 2.00. The fraction of sp³-hybridized carbons (Fsp3) is 0.400. The van der Waals surface area contributed by atoms with Crippen LogP contribution in [0.25, 0.3) is 22.2 Å². The maximum Gasteiger partial charge on any atom is 0.160 e. The minimum atomic E-state index is 0.235. The van der Waals surface area contributed by atoms with Crippen LogP contribution in [0.4, 0.5) is 0 Å². The summed E-state index contributed by atoms with van der Waals surface area (Å²) in [6.07, 6.45) is 10.9. The molecule has 0 radical (unpaired) electrons. The van der Waals surface area contributed by atoms with Gasteiger partial charge in [0.25, 0.3) is 0 Å². The molecule has 0 bridgehead atoms. The largest absolute Gasteiger partial charge is 0.396 e. The highest BCUT2D eigenvalue weighted by atomic mass is 16.3. The molecule has 6 nitrogen and oxygen atoms in total. The van der Waals surface area contributed by atoms with Crippen LogP contribution in [0.3, 0.4) is 0 Å². The normalized spacial score (nSPS) is 22.1. The third kappa shape index (κ3) is 2.03. The van der Waals surface area contributed by atoms with E-state index >= 15 is 0 Å². The number of aliphatic hydroxyl groups is 1. The average molecular weight is 283 g/mol. The van der Waals surface area contributed by atoms with Crippen molar-refractivity contribution in [2.45, 2.75) is 25.3 Å². The predicted molar refractivity (Wildman–Crippen MR) is 78.6 cm³/mol. The molecule has 1 fully saturated rings. The molecule has 0 aliphatic heterocycles. The Morgan fingerprint density at radius 3 is 3.19 bits per heavy atom. The number of hydrogen-bond acceptors (Lipinski definition) is 4. The summed E-state index contributed by atoms with van der Waals surface area (Å²) >= 11 is 0. The van der Waals surface area contributed by atoms with Gasteiger partial charge in [0, 0.05) is 41.4 Å². The minimum Gasteiger partial charge on any atom is -0.396 e. The standard InChI is InChI=1S/C15H17N5O/c21-9-10-2-1-3-14(10)20-8-11(6-18-20)13-7-17-19-15-12(13)4-5-16-15/h4-8,10,14,21H,1-3,9H2,(H,16,19). The number of nitrogens with one attached hydrogen (secondary N) is 1. The third-order valence-electron chi connectivity index (χ3n) is 4.47. The molecule has 3 heterocycles. The Balaban J connectivity index is 1.73. The maximum atomic E-state index is 9.47. The Hall–Kier alpha value is -2.21. The van der Waals surface area contributed by atoms with Gasteiger partial charge in [0.1, 0.15) is 0 Å². The quantitative estimate of drug-likeness (QED) is 0.772.